The molecule has 8 heteroatoms. The number of anilines is 2. The average Bonchev–Trinajstić information content (AvgIpc) is 2.75. The SMILES string of the molecule is COc1ccc(OC)c(NC(=O)c2cnc(NCCc3ccccc3F)cn2)c1. The summed E-state index contributed by atoms with van der Waals surface area (Å²) < 4.78 is 24.0. The van der Waals surface area contributed by atoms with E-state index in [2.05, 4.69) is 20.6 Å². The molecule has 0 aliphatic rings. The first kappa shape index (κ1) is 20.1. The Bertz CT molecular complexity index is 980. The first-order valence-electron chi connectivity index (χ1n) is 8.93. The molecule has 7 nitrogen and oxygen atoms in total. The van der Waals surface area contributed by atoms with Crippen molar-refractivity contribution in [3.05, 3.63) is 71.9 Å². The zero-order valence-electron chi connectivity index (χ0n) is 16.1. The Hall–Kier alpha value is -3.68. The van der Waals surface area contributed by atoms with Crippen molar-refractivity contribution in [1.29, 1.82) is 0 Å². The molecule has 0 saturated heterocycles. The van der Waals surface area contributed by atoms with Crippen molar-refractivity contribution < 1.29 is 18.7 Å². The third-order valence-corrected chi connectivity index (χ3v) is 4.20. The van der Waals surface area contributed by atoms with Crippen molar-refractivity contribution in [1.82, 2.24) is 9.97 Å². The van der Waals surface area contributed by atoms with E-state index >= 15 is 0 Å². The van der Waals surface area contributed by atoms with Crippen LogP contribution in [0.15, 0.2) is 54.9 Å². The lowest BCUT2D eigenvalue weighted by molar-refractivity contribution is 0.102. The smallest absolute Gasteiger partial charge is 0.275 e. The topological polar surface area (TPSA) is 85.4 Å². The summed E-state index contributed by atoms with van der Waals surface area (Å²) in [4.78, 5) is 20.8. The monoisotopic (exact) mass is 396 g/mol. The second kappa shape index (κ2) is 9.50. The highest BCUT2D eigenvalue weighted by molar-refractivity contribution is 6.03. The van der Waals surface area contributed by atoms with Gasteiger partial charge >= 0.3 is 0 Å². The second-order valence-electron chi connectivity index (χ2n) is 6.08. The maximum atomic E-state index is 13.6. The molecule has 3 aromatic rings. The van der Waals surface area contributed by atoms with Gasteiger partial charge in [0.2, 0.25) is 0 Å². The summed E-state index contributed by atoms with van der Waals surface area (Å²) in [7, 11) is 3.05. The van der Waals surface area contributed by atoms with Crippen LogP contribution >= 0.6 is 0 Å². The van der Waals surface area contributed by atoms with Crippen molar-refractivity contribution in [2.24, 2.45) is 0 Å². The zero-order chi connectivity index (χ0) is 20.6. The lowest BCUT2D eigenvalue weighted by Gasteiger charge is -2.11. The van der Waals surface area contributed by atoms with Crippen LogP contribution in [0.4, 0.5) is 15.9 Å². The van der Waals surface area contributed by atoms with Crippen LogP contribution in [0.5, 0.6) is 11.5 Å². The Balaban J connectivity index is 1.60. The number of benzene rings is 2. The first-order valence-corrected chi connectivity index (χ1v) is 8.93. The quantitative estimate of drug-likeness (QED) is 0.606. The number of carbonyl (C=O) groups is 1. The second-order valence-corrected chi connectivity index (χ2v) is 6.08. The van der Waals surface area contributed by atoms with Gasteiger partial charge in [0.15, 0.2) is 0 Å². The van der Waals surface area contributed by atoms with Crippen LogP contribution in [0.2, 0.25) is 0 Å². The minimum atomic E-state index is -0.429. The van der Waals surface area contributed by atoms with Crippen molar-refractivity contribution in [3.8, 4) is 11.5 Å². The molecule has 1 heterocycles. The Kier molecular flexibility index (Phi) is 6.57. The maximum absolute atomic E-state index is 13.6. The molecule has 0 atom stereocenters. The van der Waals surface area contributed by atoms with Crippen LogP contribution in [0.3, 0.4) is 0 Å². The van der Waals surface area contributed by atoms with Gasteiger partial charge in [0.05, 0.1) is 32.3 Å². The molecule has 0 bridgehead atoms. The molecule has 29 heavy (non-hydrogen) atoms. The average molecular weight is 396 g/mol. The fraction of sp³-hybridized carbons (Fsp3) is 0.190. The van der Waals surface area contributed by atoms with Crippen molar-refractivity contribution in [2.75, 3.05) is 31.4 Å². The molecule has 2 aromatic carbocycles. The van der Waals surface area contributed by atoms with Crippen LogP contribution < -0.4 is 20.1 Å². The molecule has 0 radical (unpaired) electrons. The number of hydrogen-bond donors (Lipinski definition) is 2. The van der Waals surface area contributed by atoms with E-state index in [9.17, 15) is 9.18 Å². The van der Waals surface area contributed by atoms with E-state index in [1.54, 1.807) is 36.4 Å². The number of nitrogens with one attached hydrogen (secondary N) is 2. The maximum Gasteiger partial charge on any atom is 0.275 e. The summed E-state index contributed by atoms with van der Waals surface area (Å²) in [5.41, 5.74) is 1.23. The van der Waals surface area contributed by atoms with Gasteiger partial charge < -0.3 is 20.1 Å². The van der Waals surface area contributed by atoms with E-state index in [-0.39, 0.29) is 11.5 Å². The van der Waals surface area contributed by atoms with Gasteiger partial charge in [-0.05, 0) is 30.2 Å². The number of aromatic nitrogens is 2. The minimum absolute atomic E-state index is 0.148. The third kappa shape index (κ3) is 5.19. The summed E-state index contributed by atoms with van der Waals surface area (Å²) in [6.07, 6.45) is 3.33. The highest BCUT2D eigenvalue weighted by Crippen LogP contribution is 2.29. The summed E-state index contributed by atoms with van der Waals surface area (Å²) in [6, 6.07) is 11.7. The third-order valence-electron chi connectivity index (χ3n) is 4.20. The van der Waals surface area contributed by atoms with E-state index in [1.165, 1.54) is 32.7 Å². The summed E-state index contributed by atoms with van der Waals surface area (Å²) in [5, 5.41) is 5.80. The number of amides is 1. The number of nitrogens with zero attached hydrogens (tertiary/aromatic N) is 2. The number of halogens is 1. The summed E-state index contributed by atoms with van der Waals surface area (Å²) >= 11 is 0. The summed E-state index contributed by atoms with van der Waals surface area (Å²) in [6.45, 7) is 0.488. The molecule has 1 aromatic heterocycles. The van der Waals surface area contributed by atoms with E-state index in [1.807, 2.05) is 0 Å². The molecule has 0 fully saturated rings. The van der Waals surface area contributed by atoms with Gasteiger partial charge in [-0.3, -0.25) is 4.79 Å². The van der Waals surface area contributed by atoms with Gasteiger partial charge in [0.1, 0.15) is 28.8 Å². The molecular formula is C21H21FN4O3. The standard InChI is InChI=1S/C21H21FN4O3/c1-28-15-7-8-19(29-2)17(11-15)26-21(27)18-12-25-20(13-24-18)23-10-9-14-5-3-4-6-16(14)22/h3-8,11-13H,9-10H2,1-2H3,(H,23,25)(H,26,27). The molecule has 2 N–H and O–H groups in total. The molecule has 0 unspecified atom stereocenters. The predicted molar refractivity (Wildman–Crippen MR) is 108 cm³/mol. The van der Waals surface area contributed by atoms with Gasteiger partial charge in [-0.15, -0.1) is 0 Å². The predicted octanol–water partition coefficient (Wildman–Crippen LogP) is 3.54. The normalized spacial score (nSPS) is 10.3. The van der Waals surface area contributed by atoms with Crippen molar-refractivity contribution in [2.45, 2.75) is 6.42 Å². The number of ether oxygens (including phenoxy) is 2. The Morgan fingerprint density at radius 1 is 1.07 bits per heavy atom. The summed E-state index contributed by atoms with van der Waals surface area (Å²) in [5.74, 6) is 0.916. The molecule has 1 amide bonds. The van der Waals surface area contributed by atoms with Gasteiger partial charge in [0, 0.05) is 12.6 Å². The fourth-order valence-electron chi connectivity index (χ4n) is 2.66. The fourth-order valence-corrected chi connectivity index (χ4v) is 2.66. The van der Waals surface area contributed by atoms with Crippen LogP contribution in [-0.2, 0) is 6.42 Å². The molecule has 0 aliphatic carbocycles. The lowest BCUT2D eigenvalue weighted by Crippen LogP contribution is -2.15. The molecule has 0 spiro atoms. The van der Waals surface area contributed by atoms with Gasteiger partial charge in [-0.1, -0.05) is 18.2 Å². The molecule has 0 saturated carbocycles. The highest BCUT2D eigenvalue weighted by atomic mass is 19.1. The Morgan fingerprint density at radius 3 is 2.59 bits per heavy atom. The first-order chi connectivity index (χ1) is 14.1. The van der Waals surface area contributed by atoms with E-state index in [0.29, 0.717) is 41.5 Å². The van der Waals surface area contributed by atoms with Crippen molar-refractivity contribution in [3.63, 3.8) is 0 Å². The number of rotatable bonds is 8. The molecule has 3 rings (SSSR count). The zero-order valence-corrected chi connectivity index (χ0v) is 16.1. The highest BCUT2D eigenvalue weighted by Gasteiger charge is 2.13. The van der Waals surface area contributed by atoms with E-state index in [0.717, 1.165) is 0 Å². The lowest BCUT2D eigenvalue weighted by atomic mass is 10.1. The van der Waals surface area contributed by atoms with E-state index < -0.39 is 5.91 Å². The number of methoxy groups -OCH3 is 2. The number of hydrogen-bond acceptors (Lipinski definition) is 6. The minimum Gasteiger partial charge on any atom is -0.497 e. The Labute approximate surface area is 167 Å². The Morgan fingerprint density at radius 2 is 1.90 bits per heavy atom. The van der Waals surface area contributed by atoms with Crippen LogP contribution in [0, 0.1) is 5.82 Å². The largest absolute Gasteiger partial charge is 0.497 e. The molecule has 150 valence electrons. The van der Waals surface area contributed by atoms with Crippen LogP contribution in [0.1, 0.15) is 16.1 Å². The van der Waals surface area contributed by atoms with Gasteiger partial charge in [-0.25, -0.2) is 14.4 Å². The number of carbonyl (C=O) groups excluding carboxylic acids is 1. The van der Waals surface area contributed by atoms with Gasteiger partial charge in [0.25, 0.3) is 5.91 Å². The molecular weight excluding hydrogens is 375 g/mol. The van der Waals surface area contributed by atoms with Crippen LogP contribution in [0.25, 0.3) is 0 Å². The van der Waals surface area contributed by atoms with Crippen molar-refractivity contribution >= 4 is 17.4 Å². The molecule has 0 aliphatic heterocycles. The van der Waals surface area contributed by atoms with Crippen LogP contribution in [-0.4, -0.2) is 36.6 Å². The van der Waals surface area contributed by atoms with E-state index in [4.69, 9.17) is 9.47 Å². The van der Waals surface area contributed by atoms with Gasteiger partial charge in [-0.2, -0.15) is 0 Å².